The largest absolute Gasteiger partial charge is 0.462 e. The van der Waals surface area contributed by atoms with Gasteiger partial charge >= 0.3 is 17.9 Å². The van der Waals surface area contributed by atoms with Gasteiger partial charge in [0.15, 0.2) is 6.10 Å². The molecule has 0 saturated heterocycles. The standard InChI is InChI=1S/C49H88O6/c1-4-7-10-13-16-19-21-23-24-25-26-28-30-33-36-39-42-48(51)54-45-46(44-53-47(50)41-38-35-32-29-18-15-12-9-6-3)55-49(52)43-40-37-34-31-27-22-20-17-14-11-8-5-2/h24-26,28-29,32,46H,4-23,27,30-31,33-45H2,1-3H3/b25-24-,28-26-,32-29-. The van der Waals surface area contributed by atoms with Crippen LogP contribution in [0.5, 0.6) is 0 Å². The Morgan fingerprint density at radius 1 is 0.364 bits per heavy atom. The second kappa shape index (κ2) is 44.3. The summed E-state index contributed by atoms with van der Waals surface area (Å²) in [4.78, 5) is 37.7. The molecule has 0 aliphatic carbocycles. The van der Waals surface area contributed by atoms with Crippen molar-refractivity contribution in [2.45, 2.75) is 245 Å². The fourth-order valence-corrected chi connectivity index (χ4v) is 6.55. The summed E-state index contributed by atoms with van der Waals surface area (Å²) < 4.78 is 16.6. The minimum absolute atomic E-state index is 0.0923. The number of allylic oxidation sites excluding steroid dienone is 6. The Morgan fingerprint density at radius 3 is 1.13 bits per heavy atom. The SMILES string of the molecule is CCCCCC/C=C\CCCC(=O)OCC(COC(=O)CCCCC/C=C\C=C/CCCCCCCCC)OC(=O)CCCCCCCCCCCCCC. The Morgan fingerprint density at radius 2 is 0.673 bits per heavy atom. The van der Waals surface area contributed by atoms with Crippen LogP contribution < -0.4 is 0 Å². The van der Waals surface area contributed by atoms with E-state index in [0.717, 1.165) is 64.2 Å². The van der Waals surface area contributed by atoms with Crippen molar-refractivity contribution in [1.82, 2.24) is 0 Å². The summed E-state index contributed by atoms with van der Waals surface area (Å²) in [6.45, 7) is 6.54. The van der Waals surface area contributed by atoms with E-state index in [4.69, 9.17) is 14.2 Å². The first-order chi connectivity index (χ1) is 27.0. The lowest BCUT2D eigenvalue weighted by molar-refractivity contribution is -0.167. The van der Waals surface area contributed by atoms with Gasteiger partial charge in [0.05, 0.1) is 0 Å². The van der Waals surface area contributed by atoms with Gasteiger partial charge in [-0.2, -0.15) is 0 Å². The van der Waals surface area contributed by atoms with Crippen LogP contribution in [0.1, 0.15) is 239 Å². The molecule has 0 spiro atoms. The highest BCUT2D eigenvalue weighted by Gasteiger charge is 2.19. The molecule has 0 N–H and O–H groups in total. The average molecular weight is 773 g/mol. The van der Waals surface area contributed by atoms with Crippen LogP contribution in [0.15, 0.2) is 36.5 Å². The van der Waals surface area contributed by atoms with Crippen molar-refractivity contribution in [1.29, 1.82) is 0 Å². The molecule has 0 amide bonds. The number of esters is 3. The van der Waals surface area contributed by atoms with E-state index in [1.54, 1.807) is 0 Å². The molecule has 0 aliphatic heterocycles. The normalized spacial score (nSPS) is 12.3. The molecule has 0 radical (unpaired) electrons. The quantitative estimate of drug-likeness (QED) is 0.0202. The Labute approximate surface area is 340 Å². The van der Waals surface area contributed by atoms with Gasteiger partial charge in [0.1, 0.15) is 13.2 Å². The van der Waals surface area contributed by atoms with Crippen molar-refractivity contribution in [3.05, 3.63) is 36.5 Å². The lowest BCUT2D eigenvalue weighted by Gasteiger charge is -2.18. The molecule has 0 aromatic rings. The lowest BCUT2D eigenvalue weighted by Crippen LogP contribution is -2.30. The van der Waals surface area contributed by atoms with E-state index < -0.39 is 6.10 Å². The first-order valence-electron chi connectivity index (χ1n) is 23.5. The molecule has 1 atom stereocenters. The summed E-state index contributed by atoms with van der Waals surface area (Å²) in [5, 5.41) is 0. The molecular formula is C49H88O6. The first kappa shape index (κ1) is 52.6. The number of hydrogen-bond acceptors (Lipinski definition) is 6. The summed E-state index contributed by atoms with van der Waals surface area (Å²) in [6, 6.07) is 0. The minimum atomic E-state index is -0.787. The van der Waals surface area contributed by atoms with Crippen LogP contribution in [0.2, 0.25) is 0 Å². The monoisotopic (exact) mass is 773 g/mol. The Bertz CT molecular complexity index is 938. The number of carbonyl (C=O) groups excluding carboxylic acids is 3. The molecule has 6 heteroatoms. The summed E-state index contributed by atoms with van der Waals surface area (Å²) in [5.74, 6) is -0.949. The number of hydrogen-bond donors (Lipinski definition) is 0. The fourth-order valence-electron chi connectivity index (χ4n) is 6.55. The van der Waals surface area contributed by atoms with E-state index in [0.29, 0.717) is 25.7 Å². The second-order valence-corrected chi connectivity index (χ2v) is 15.7. The predicted octanol–water partition coefficient (Wildman–Crippen LogP) is 15.0. The third kappa shape index (κ3) is 42.6. The van der Waals surface area contributed by atoms with Crippen molar-refractivity contribution in [3.8, 4) is 0 Å². The molecule has 0 aromatic carbocycles. The van der Waals surface area contributed by atoms with E-state index in [-0.39, 0.29) is 31.1 Å². The van der Waals surface area contributed by atoms with E-state index in [9.17, 15) is 14.4 Å². The molecule has 0 aliphatic rings. The van der Waals surface area contributed by atoms with Gasteiger partial charge in [-0.25, -0.2) is 0 Å². The molecule has 0 heterocycles. The van der Waals surface area contributed by atoms with Gasteiger partial charge in [-0.3, -0.25) is 14.4 Å². The zero-order valence-electron chi connectivity index (χ0n) is 36.4. The zero-order chi connectivity index (χ0) is 40.1. The molecule has 0 fully saturated rings. The predicted molar refractivity (Wildman–Crippen MR) is 233 cm³/mol. The van der Waals surface area contributed by atoms with Gasteiger partial charge in [0.2, 0.25) is 0 Å². The van der Waals surface area contributed by atoms with Gasteiger partial charge in [0, 0.05) is 19.3 Å². The molecule has 0 rings (SSSR count). The summed E-state index contributed by atoms with van der Waals surface area (Å²) >= 11 is 0. The highest BCUT2D eigenvalue weighted by atomic mass is 16.6. The van der Waals surface area contributed by atoms with Gasteiger partial charge in [-0.05, 0) is 64.2 Å². The smallest absolute Gasteiger partial charge is 0.306 e. The summed E-state index contributed by atoms with van der Waals surface area (Å²) in [6.07, 6.45) is 49.9. The number of ether oxygens (including phenoxy) is 3. The third-order valence-electron chi connectivity index (χ3n) is 10.1. The molecule has 6 nitrogen and oxygen atoms in total. The van der Waals surface area contributed by atoms with Crippen molar-refractivity contribution in [2.24, 2.45) is 0 Å². The highest BCUT2D eigenvalue weighted by Crippen LogP contribution is 2.14. The van der Waals surface area contributed by atoms with Crippen LogP contribution in [0.4, 0.5) is 0 Å². The van der Waals surface area contributed by atoms with Crippen molar-refractivity contribution < 1.29 is 28.6 Å². The molecule has 0 saturated carbocycles. The van der Waals surface area contributed by atoms with Gasteiger partial charge < -0.3 is 14.2 Å². The molecule has 1 unspecified atom stereocenters. The van der Waals surface area contributed by atoms with Crippen LogP contribution in [0, 0.1) is 0 Å². The first-order valence-corrected chi connectivity index (χ1v) is 23.5. The number of unbranched alkanes of at least 4 members (excludes halogenated alkanes) is 26. The van der Waals surface area contributed by atoms with E-state index in [1.165, 1.54) is 128 Å². The van der Waals surface area contributed by atoms with Crippen LogP contribution >= 0.6 is 0 Å². The number of carbonyl (C=O) groups is 3. The van der Waals surface area contributed by atoms with Crippen molar-refractivity contribution in [2.75, 3.05) is 13.2 Å². The summed E-state index contributed by atoms with van der Waals surface area (Å²) in [7, 11) is 0. The van der Waals surface area contributed by atoms with E-state index in [1.807, 2.05) is 0 Å². The molecule has 0 aromatic heterocycles. The second-order valence-electron chi connectivity index (χ2n) is 15.7. The third-order valence-corrected chi connectivity index (χ3v) is 10.1. The van der Waals surface area contributed by atoms with Gasteiger partial charge in [-0.15, -0.1) is 0 Å². The molecular weight excluding hydrogens is 685 g/mol. The molecule has 320 valence electrons. The van der Waals surface area contributed by atoms with Gasteiger partial charge in [0.25, 0.3) is 0 Å². The molecule has 0 bridgehead atoms. The molecule has 55 heavy (non-hydrogen) atoms. The topological polar surface area (TPSA) is 78.9 Å². The van der Waals surface area contributed by atoms with Crippen molar-refractivity contribution in [3.63, 3.8) is 0 Å². The maximum Gasteiger partial charge on any atom is 0.306 e. The lowest BCUT2D eigenvalue weighted by atomic mass is 10.0. The minimum Gasteiger partial charge on any atom is -0.462 e. The summed E-state index contributed by atoms with van der Waals surface area (Å²) in [5.41, 5.74) is 0. The Kier molecular flexibility index (Phi) is 42.4. The number of rotatable bonds is 42. The zero-order valence-corrected chi connectivity index (χ0v) is 36.4. The average Bonchev–Trinajstić information content (AvgIpc) is 3.18. The van der Waals surface area contributed by atoms with Crippen LogP contribution in [-0.4, -0.2) is 37.2 Å². The van der Waals surface area contributed by atoms with Crippen LogP contribution in [0.25, 0.3) is 0 Å². The van der Waals surface area contributed by atoms with E-state index in [2.05, 4.69) is 57.2 Å². The van der Waals surface area contributed by atoms with Crippen molar-refractivity contribution >= 4 is 17.9 Å². The maximum absolute atomic E-state index is 12.7. The fraction of sp³-hybridized carbons (Fsp3) is 0.816. The Balaban J connectivity index is 4.39. The maximum atomic E-state index is 12.7. The van der Waals surface area contributed by atoms with Gasteiger partial charge in [-0.1, -0.05) is 192 Å². The van der Waals surface area contributed by atoms with Crippen LogP contribution in [-0.2, 0) is 28.6 Å². The van der Waals surface area contributed by atoms with Crippen LogP contribution in [0.3, 0.4) is 0 Å². The highest BCUT2D eigenvalue weighted by molar-refractivity contribution is 5.71. The van der Waals surface area contributed by atoms with E-state index >= 15 is 0 Å². The Hall–Kier alpha value is -2.37.